The van der Waals surface area contributed by atoms with Crippen LogP contribution < -0.4 is 16.4 Å². The lowest BCUT2D eigenvalue weighted by atomic mass is 9.89. The molecule has 4 N–H and O–H groups in total. The molecule has 0 amide bonds. The van der Waals surface area contributed by atoms with Crippen molar-refractivity contribution in [3.05, 3.63) is 12.1 Å². The van der Waals surface area contributed by atoms with Gasteiger partial charge in [-0.3, -0.25) is 4.79 Å². The van der Waals surface area contributed by atoms with E-state index in [0.717, 1.165) is 0 Å². The third-order valence-corrected chi connectivity index (χ3v) is 3.28. The van der Waals surface area contributed by atoms with Gasteiger partial charge < -0.3 is 16.4 Å². The van der Waals surface area contributed by atoms with Crippen LogP contribution in [0.5, 0.6) is 0 Å². The highest BCUT2D eigenvalue weighted by Gasteiger charge is 2.31. The number of nitrogens with two attached hydrogens (primary N) is 2. The fourth-order valence-electron chi connectivity index (χ4n) is 2.27. The van der Waals surface area contributed by atoms with Crippen molar-refractivity contribution in [1.29, 1.82) is 0 Å². The summed E-state index contributed by atoms with van der Waals surface area (Å²) in [4.78, 5) is 20.5. The Morgan fingerprint density at radius 1 is 1.56 bits per heavy atom. The summed E-state index contributed by atoms with van der Waals surface area (Å²) >= 11 is 0. The first kappa shape index (κ1) is 12.7. The SMILES string of the molecule is CC(=O)[C@@H]1CCN(c2ncnc(N)c2F)C[C@@H]1N. The predicted molar refractivity (Wildman–Crippen MR) is 65.4 cm³/mol. The van der Waals surface area contributed by atoms with Gasteiger partial charge in [0.2, 0.25) is 5.82 Å². The van der Waals surface area contributed by atoms with Crippen molar-refractivity contribution in [3.8, 4) is 0 Å². The number of nitrogen functional groups attached to an aromatic ring is 1. The van der Waals surface area contributed by atoms with Gasteiger partial charge in [0.25, 0.3) is 0 Å². The highest BCUT2D eigenvalue weighted by molar-refractivity contribution is 5.79. The van der Waals surface area contributed by atoms with E-state index in [0.29, 0.717) is 19.5 Å². The third kappa shape index (κ3) is 2.26. The topological polar surface area (TPSA) is 98.1 Å². The van der Waals surface area contributed by atoms with E-state index in [1.165, 1.54) is 13.3 Å². The van der Waals surface area contributed by atoms with Crippen molar-refractivity contribution in [2.75, 3.05) is 23.7 Å². The second kappa shape index (κ2) is 4.85. The van der Waals surface area contributed by atoms with Gasteiger partial charge in [-0.25, -0.2) is 9.97 Å². The Labute approximate surface area is 104 Å². The number of ketones is 1. The summed E-state index contributed by atoms with van der Waals surface area (Å²) in [5.74, 6) is -0.749. The van der Waals surface area contributed by atoms with E-state index in [4.69, 9.17) is 11.5 Å². The number of halogens is 1. The zero-order chi connectivity index (χ0) is 13.3. The Hall–Kier alpha value is -1.76. The molecular formula is C11H16FN5O. The molecule has 0 spiro atoms. The largest absolute Gasteiger partial charge is 0.381 e. The second-order valence-electron chi connectivity index (χ2n) is 4.51. The summed E-state index contributed by atoms with van der Waals surface area (Å²) in [6, 6.07) is -0.313. The number of carbonyl (C=O) groups is 1. The Bertz CT molecular complexity index is 467. The molecule has 98 valence electrons. The molecule has 18 heavy (non-hydrogen) atoms. The van der Waals surface area contributed by atoms with Gasteiger partial charge in [-0.2, -0.15) is 4.39 Å². The highest BCUT2D eigenvalue weighted by atomic mass is 19.1. The molecule has 1 aliphatic rings. The molecule has 2 rings (SSSR count). The van der Waals surface area contributed by atoms with Gasteiger partial charge >= 0.3 is 0 Å². The van der Waals surface area contributed by atoms with E-state index in [9.17, 15) is 9.18 Å². The minimum Gasteiger partial charge on any atom is -0.381 e. The summed E-state index contributed by atoms with van der Waals surface area (Å²) in [5, 5.41) is 0. The first-order valence-corrected chi connectivity index (χ1v) is 5.77. The average molecular weight is 253 g/mol. The zero-order valence-corrected chi connectivity index (χ0v) is 10.1. The number of piperidine rings is 1. The number of aromatic nitrogens is 2. The van der Waals surface area contributed by atoms with E-state index < -0.39 is 5.82 Å². The Morgan fingerprint density at radius 2 is 2.28 bits per heavy atom. The fraction of sp³-hybridized carbons (Fsp3) is 0.545. The zero-order valence-electron chi connectivity index (χ0n) is 10.1. The first-order valence-electron chi connectivity index (χ1n) is 5.77. The van der Waals surface area contributed by atoms with Gasteiger partial charge in [-0.05, 0) is 13.3 Å². The molecule has 0 aromatic carbocycles. The normalized spacial score (nSPS) is 24.1. The third-order valence-electron chi connectivity index (χ3n) is 3.28. The Kier molecular flexibility index (Phi) is 3.42. The lowest BCUT2D eigenvalue weighted by molar-refractivity contribution is -0.121. The molecule has 0 radical (unpaired) electrons. The van der Waals surface area contributed by atoms with Crippen LogP contribution in [-0.2, 0) is 4.79 Å². The lowest BCUT2D eigenvalue weighted by Crippen LogP contribution is -2.51. The van der Waals surface area contributed by atoms with Crippen LogP contribution in [0.1, 0.15) is 13.3 Å². The number of hydrogen-bond acceptors (Lipinski definition) is 6. The monoisotopic (exact) mass is 253 g/mol. The molecule has 2 atom stereocenters. The van der Waals surface area contributed by atoms with Crippen molar-refractivity contribution in [2.24, 2.45) is 11.7 Å². The summed E-state index contributed by atoms with van der Waals surface area (Å²) in [6.45, 7) is 2.45. The standard InChI is InChI=1S/C11H16FN5O/c1-6(18)7-2-3-17(4-8(7)13)11-9(12)10(14)15-5-16-11/h5,7-8H,2-4,13H2,1H3,(H2,14,15,16)/t7-,8-/m0/s1. The molecule has 0 bridgehead atoms. The summed E-state index contributed by atoms with van der Waals surface area (Å²) in [7, 11) is 0. The minimum absolute atomic E-state index is 0.0739. The van der Waals surface area contributed by atoms with Crippen LogP contribution >= 0.6 is 0 Å². The maximum atomic E-state index is 13.8. The number of carbonyl (C=O) groups excluding carboxylic acids is 1. The van der Waals surface area contributed by atoms with Gasteiger partial charge in [-0.1, -0.05) is 0 Å². The van der Waals surface area contributed by atoms with Gasteiger partial charge in [-0.15, -0.1) is 0 Å². The Morgan fingerprint density at radius 3 is 2.89 bits per heavy atom. The number of anilines is 2. The van der Waals surface area contributed by atoms with Crippen LogP contribution in [-0.4, -0.2) is 34.9 Å². The van der Waals surface area contributed by atoms with Gasteiger partial charge in [0.15, 0.2) is 11.6 Å². The maximum Gasteiger partial charge on any atom is 0.207 e. The van der Waals surface area contributed by atoms with Crippen LogP contribution in [0.4, 0.5) is 16.0 Å². The number of nitrogens with zero attached hydrogens (tertiary/aromatic N) is 3. The summed E-state index contributed by atoms with van der Waals surface area (Å²) in [5.41, 5.74) is 11.3. The summed E-state index contributed by atoms with van der Waals surface area (Å²) < 4.78 is 13.8. The molecule has 7 heteroatoms. The lowest BCUT2D eigenvalue weighted by Gasteiger charge is -2.36. The molecule has 1 aromatic heterocycles. The van der Waals surface area contributed by atoms with E-state index in [-0.39, 0.29) is 29.4 Å². The van der Waals surface area contributed by atoms with Gasteiger partial charge in [0, 0.05) is 25.0 Å². The molecule has 1 saturated heterocycles. The van der Waals surface area contributed by atoms with Crippen molar-refractivity contribution in [1.82, 2.24) is 9.97 Å². The van der Waals surface area contributed by atoms with E-state index in [1.54, 1.807) is 4.90 Å². The predicted octanol–water partition coefficient (Wildman–Crippen LogP) is -0.0595. The molecule has 1 fully saturated rings. The van der Waals surface area contributed by atoms with Crippen molar-refractivity contribution in [3.63, 3.8) is 0 Å². The number of Topliss-reactive ketones (excluding diaryl/α,β-unsaturated/α-hetero) is 1. The molecule has 0 unspecified atom stereocenters. The first-order chi connectivity index (χ1) is 8.50. The van der Waals surface area contributed by atoms with Gasteiger partial charge in [0.1, 0.15) is 12.1 Å². The number of rotatable bonds is 2. The van der Waals surface area contributed by atoms with Crippen molar-refractivity contribution in [2.45, 2.75) is 19.4 Å². The minimum atomic E-state index is -0.633. The quantitative estimate of drug-likeness (QED) is 0.766. The molecular weight excluding hydrogens is 237 g/mol. The van der Waals surface area contributed by atoms with Crippen LogP contribution in [0.15, 0.2) is 6.33 Å². The molecule has 0 saturated carbocycles. The average Bonchev–Trinajstić information content (AvgIpc) is 2.32. The fourth-order valence-corrected chi connectivity index (χ4v) is 2.27. The number of hydrogen-bond donors (Lipinski definition) is 2. The summed E-state index contributed by atoms with van der Waals surface area (Å²) in [6.07, 6.45) is 1.82. The molecule has 0 aliphatic carbocycles. The smallest absolute Gasteiger partial charge is 0.207 e. The van der Waals surface area contributed by atoms with Crippen molar-refractivity contribution >= 4 is 17.4 Å². The van der Waals surface area contributed by atoms with Crippen LogP contribution in [0.25, 0.3) is 0 Å². The molecule has 2 heterocycles. The molecule has 1 aromatic rings. The van der Waals surface area contributed by atoms with E-state index >= 15 is 0 Å². The Balaban J connectivity index is 2.17. The van der Waals surface area contributed by atoms with E-state index in [1.807, 2.05) is 0 Å². The van der Waals surface area contributed by atoms with Gasteiger partial charge in [0.05, 0.1) is 0 Å². The highest BCUT2D eigenvalue weighted by Crippen LogP contribution is 2.25. The second-order valence-corrected chi connectivity index (χ2v) is 4.51. The molecule has 6 nitrogen and oxygen atoms in total. The van der Waals surface area contributed by atoms with Crippen LogP contribution in [0.3, 0.4) is 0 Å². The van der Waals surface area contributed by atoms with Crippen LogP contribution in [0, 0.1) is 11.7 Å². The van der Waals surface area contributed by atoms with Crippen molar-refractivity contribution < 1.29 is 9.18 Å². The molecule has 1 aliphatic heterocycles. The van der Waals surface area contributed by atoms with Crippen LogP contribution in [0.2, 0.25) is 0 Å². The maximum absolute atomic E-state index is 13.8. The van der Waals surface area contributed by atoms with E-state index in [2.05, 4.69) is 9.97 Å².